The molecule has 0 aliphatic rings. The second-order valence-corrected chi connectivity index (χ2v) is 7.79. The van der Waals surface area contributed by atoms with Crippen LogP contribution < -0.4 is 0 Å². The monoisotopic (exact) mass is 410 g/mol. The van der Waals surface area contributed by atoms with Crippen molar-refractivity contribution in [2.45, 2.75) is 12.3 Å². The van der Waals surface area contributed by atoms with E-state index in [4.69, 9.17) is 39.4 Å². The number of halogens is 3. The number of hydrogen-bond donors (Lipinski definition) is 2. The van der Waals surface area contributed by atoms with Crippen molar-refractivity contribution in [1.29, 1.82) is 0 Å². The molecule has 0 saturated carbocycles. The number of hydrogen-bond acceptors (Lipinski definition) is 3. The van der Waals surface area contributed by atoms with E-state index in [9.17, 15) is 13.5 Å². The molecule has 0 heterocycles. The van der Waals surface area contributed by atoms with Crippen LogP contribution in [0.25, 0.3) is 0 Å². The van der Waals surface area contributed by atoms with Crippen LogP contribution in [-0.2, 0) is 16.5 Å². The normalized spacial score (nSPS) is 12.2. The van der Waals surface area contributed by atoms with Crippen molar-refractivity contribution in [1.82, 2.24) is 0 Å². The minimum Gasteiger partial charge on any atom is -0.396 e. The summed E-state index contributed by atoms with van der Waals surface area (Å²) in [6.07, 6.45) is 1.35. The Balaban J connectivity index is 0.000000505. The number of aliphatic hydroxyl groups is 1. The van der Waals surface area contributed by atoms with E-state index < -0.39 is 10.1 Å². The fraction of sp³-hybridized carbons (Fsp3) is 0.250. The molecule has 0 aliphatic carbocycles. The van der Waals surface area contributed by atoms with Gasteiger partial charge in [0.1, 0.15) is 0 Å². The second kappa shape index (κ2) is 9.61. The van der Waals surface area contributed by atoms with Crippen LogP contribution >= 0.6 is 34.8 Å². The Morgan fingerprint density at radius 3 is 2.12 bits per heavy atom. The highest BCUT2D eigenvalue weighted by atomic mass is 35.5. The lowest BCUT2D eigenvalue weighted by Gasteiger charge is -2.17. The number of rotatable bonds is 4. The molecule has 132 valence electrons. The van der Waals surface area contributed by atoms with Crippen LogP contribution in [0.3, 0.4) is 0 Å². The van der Waals surface area contributed by atoms with Crippen molar-refractivity contribution in [3.63, 3.8) is 0 Å². The minimum atomic E-state index is -3.67. The fourth-order valence-corrected chi connectivity index (χ4v) is 2.81. The van der Waals surface area contributed by atoms with Gasteiger partial charge in [0.15, 0.2) is 0 Å². The first-order valence-corrected chi connectivity index (χ1v) is 9.81. The first-order valence-electron chi connectivity index (χ1n) is 6.83. The summed E-state index contributed by atoms with van der Waals surface area (Å²) in [5, 5.41) is 11.4. The molecule has 0 amide bonds. The van der Waals surface area contributed by atoms with Crippen LogP contribution in [-0.4, -0.2) is 30.9 Å². The maximum Gasteiger partial charge on any atom is 0.261 e. The lowest BCUT2D eigenvalue weighted by molar-refractivity contribution is 0.264. The van der Waals surface area contributed by atoms with Gasteiger partial charge in [-0.05, 0) is 35.7 Å². The van der Waals surface area contributed by atoms with Crippen molar-refractivity contribution >= 4 is 44.9 Å². The van der Waals surface area contributed by atoms with Gasteiger partial charge >= 0.3 is 0 Å². The smallest absolute Gasteiger partial charge is 0.261 e. The Kier molecular flexibility index (Phi) is 8.50. The van der Waals surface area contributed by atoms with E-state index >= 15 is 0 Å². The van der Waals surface area contributed by atoms with Gasteiger partial charge in [-0.2, -0.15) is 8.42 Å². The van der Waals surface area contributed by atoms with Crippen LogP contribution in [0.4, 0.5) is 0 Å². The Morgan fingerprint density at radius 1 is 1.04 bits per heavy atom. The van der Waals surface area contributed by atoms with Gasteiger partial charge in [0, 0.05) is 21.0 Å². The van der Waals surface area contributed by atoms with Gasteiger partial charge in [-0.1, -0.05) is 59.1 Å². The van der Waals surface area contributed by atoms with E-state index in [1.54, 1.807) is 12.1 Å². The molecule has 0 fully saturated rings. The summed E-state index contributed by atoms with van der Waals surface area (Å²) in [4.78, 5) is 0. The van der Waals surface area contributed by atoms with Gasteiger partial charge in [-0.25, -0.2) is 0 Å². The van der Waals surface area contributed by atoms with E-state index in [-0.39, 0.29) is 12.5 Å². The van der Waals surface area contributed by atoms with Crippen LogP contribution in [0.1, 0.15) is 17.0 Å². The van der Waals surface area contributed by atoms with Gasteiger partial charge in [0.2, 0.25) is 0 Å². The predicted octanol–water partition coefficient (Wildman–Crippen LogP) is 4.47. The van der Waals surface area contributed by atoms with Crippen molar-refractivity contribution in [2.24, 2.45) is 0 Å². The third-order valence-corrected chi connectivity index (χ3v) is 3.98. The molecule has 0 bridgehead atoms. The highest BCUT2D eigenvalue weighted by Crippen LogP contribution is 2.31. The van der Waals surface area contributed by atoms with Crippen LogP contribution in [0.2, 0.25) is 15.1 Å². The van der Waals surface area contributed by atoms with Gasteiger partial charge in [-0.3, -0.25) is 4.55 Å². The Hall–Kier alpha value is -0.820. The molecule has 0 radical (unpaired) electrons. The lowest BCUT2D eigenvalue weighted by atomic mass is 9.92. The zero-order valence-electron chi connectivity index (χ0n) is 12.8. The van der Waals surface area contributed by atoms with Gasteiger partial charge in [0.25, 0.3) is 10.1 Å². The Morgan fingerprint density at radius 2 is 1.62 bits per heavy atom. The SMILES string of the molecule is CS(=O)(=O)O.OCC(Cc1ccccc1Cl)c1ccc(Cl)cc1Cl. The van der Waals surface area contributed by atoms with Crippen molar-refractivity contribution in [3.05, 3.63) is 68.7 Å². The molecule has 24 heavy (non-hydrogen) atoms. The highest BCUT2D eigenvalue weighted by molar-refractivity contribution is 7.85. The van der Waals surface area contributed by atoms with Crippen molar-refractivity contribution in [2.75, 3.05) is 12.9 Å². The van der Waals surface area contributed by atoms with Crippen molar-refractivity contribution < 1.29 is 18.1 Å². The summed E-state index contributed by atoms with van der Waals surface area (Å²) in [6.45, 7) is 0.00652. The summed E-state index contributed by atoms with van der Waals surface area (Å²) in [6, 6.07) is 12.9. The quantitative estimate of drug-likeness (QED) is 0.728. The fourth-order valence-electron chi connectivity index (χ4n) is 2.03. The molecule has 2 aromatic carbocycles. The van der Waals surface area contributed by atoms with Crippen LogP contribution in [0.5, 0.6) is 0 Å². The molecule has 2 aromatic rings. The molecule has 8 heteroatoms. The molecular weight excluding hydrogens is 395 g/mol. The van der Waals surface area contributed by atoms with Crippen LogP contribution in [0.15, 0.2) is 42.5 Å². The van der Waals surface area contributed by atoms with Gasteiger partial charge in [0.05, 0.1) is 12.9 Å². The van der Waals surface area contributed by atoms with Crippen LogP contribution in [0, 0.1) is 0 Å². The molecule has 0 spiro atoms. The maximum atomic E-state index is 9.59. The average molecular weight is 412 g/mol. The number of aliphatic hydroxyl groups excluding tert-OH is 1. The summed E-state index contributed by atoms with van der Waals surface area (Å²) in [5.41, 5.74) is 1.88. The Bertz CT molecular complexity index is 771. The molecular formula is C16H17Cl3O4S. The molecule has 2 N–H and O–H groups in total. The van der Waals surface area contributed by atoms with E-state index in [1.807, 2.05) is 30.3 Å². The zero-order chi connectivity index (χ0) is 18.3. The summed E-state index contributed by atoms with van der Waals surface area (Å²) in [5.74, 6) is -0.0929. The van der Waals surface area contributed by atoms with E-state index in [0.717, 1.165) is 11.1 Å². The molecule has 1 unspecified atom stereocenters. The number of benzene rings is 2. The second-order valence-electron chi connectivity index (χ2n) is 5.07. The third kappa shape index (κ3) is 7.83. The maximum absolute atomic E-state index is 9.59. The largest absolute Gasteiger partial charge is 0.396 e. The average Bonchev–Trinajstić information content (AvgIpc) is 2.45. The highest BCUT2D eigenvalue weighted by Gasteiger charge is 2.16. The van der Waals surface area contributed by atoms with Gasteiger partial charge < -0.3 is 5.11 Å². The molecule has 0 aliphatic heterocycles. The Labute approximate surface area is 156 Å². The van der Waals surface area contributed by atoms with E-state index in [2.05, 4.69) is 0 Å². The molecule has 0 aromatic heterocycles. The third-order valence-electron chi connectivity index (χ3n) is 3.05. The topological polar surface area (TPSA) is 74.6 Å². The summed E-state index contributed by atoms with van der Waals surface area (Å²) < 4.78 is 25.9. The molecule has 2 rings (SSSR count). The molecule has 0 saturated heterocycles. The lowest BCUT2D eigenvalue weighted by Crippen LogP contribution is -2.08. The first kappa shape index (κ1) is 21.2. The molecule has 1 atom stereocenters. The molecule has 4 nitrogen and oxygen atoms in total. The first-order chi connectivity index (χ1) is 11.1. The van der Waals surface area contributed by atoms with E-state index in [1.165, 1.54) is 0 Å². The predicted molar refractivity (Wildman–Crippen MR) is 98.9 cm³/mol. The summed E-state index contributed by atoms with van der Waals surface area (Å²) >= 11 is 18.2. The van der Waals surface area contributed by atoms with Crippen molar-refractivity contribution in [3.8, 4) is 0 Å². The summed E-state index contributed by atoms with van der Waals surface area (Å²) in [7, 11) is -3.67. The minimum absolute atomic E-state index is 0.00652. The van der Waals surface area contributed by atoms with Gasteiger partial charge in [-0.15, -0.1) is 0 Å². The van der Waals surface area contributed by atoms with E-state index in [0.29, 0.717) is 27.7 Å². The standard InChI is InChI=1S/C15H13Cl3O.CH4O3S/c16-12-5-6-13(15(18)8-12)11(9-19)7-10-3-1-2-4-14(10)17;1-5(2,3)4/h1-6,8,11,19H,7,9H2;1H3,(H,2,3,4). The zero-order valence-corrected chi connectivity index (χ0v) is 15.9.